The van der Waals surface area contributed by atoms with Crippen LogP contribution in [0.3, 0.4) is 0 Å². The Labute approximate surface area is 140 Å². The van der Waals surface area contributed by atoms with Crippen LogP contribution in [-0.4, -0.2) is 73.6 Å². The van der Waals surface area contributed by atoms with Crippen molar-refractivity contribution in [2.24, 2.45) is 0 Å². The van der Waals surface area contributed by atoms with E-state index < -0.39 is 5.82 Å². The lowest BCUT2D eigenvalue weighted by Gasteiger charge is -2.29. The average molecular weight is 335 g/mol. The molecule has 2 saturated heterocycles. The molecule has 0 aliphatic carbocycles. The van der Waals surface area contributed by atoms with Crippen molar-refractivity contribution in [3.8, 4) is 0 Å². The monoisotopic (exact) mass is 335 g/mol. The summed E-state index contributed by atoms with van der Waals surface area (Å²) in [5.74, 6) is -0.820. The molecule has 1 N–H and O–H groups in total. The number of morpholine rings is 1. The van der Waals surface area contributed by atoms with Crippen molar-refractivity contribution in [1.82, 2.24) is 15.1 Å². The number of nitrogens with zero attached hydrogens (tertiary/aromatic N) is 2. The van der Waals surface area contributed by atoms with E-state index in [0.29, 0.717) is 52.4 Å². The molecule has 2 amide bonds. The number of carbonyl (C=O) groups excluding carboxylic acids is 2. The molecule has 24 heavy (non-hydrogen) atoms. The molecule has 0 bridgehead atoms. The Kier molecular flexibility index (Phi) is 5.42. The summed E-state index contributed by atoms with van der Waals surface area (Å²) in [5, 5.41) is 3.16. The smallest absolute Gasteiger partial charge is 0.256 e. The Bertz CT molecular complexity index is 604. The van der Waals surface area contributed by atoms with Gasteiger partial charge in [0, 0.05) is 32.7 Å². The Hall–Kier alpha value is -1.99. The van der Waals surface area contributed by atoms with Gasteiger partial charge in [-0.25, -0.2) is 4.39 Å². The van der Waals surface area contributed by atoms with Gasteiger partial charge in [-0.3, -0.25) is 9.59 Å². The normalized spacial score (nSPS) is 22.1. The topological polar surface area (TPSA) is 61.9 Å². The van der Waals surface area contributed by atoms with Crippen LogP contribution in [0.15, 0.2) is 24.3 Å². The number of amides is 2. The van der Waals surface area contributed by atoms with E-state index in [1.54, 1.807) is 21.9 Å². The molecule has 1 aromatic rings. The second-order valence-electron chi connectivity index (χ2n) is 6.03. The number of ether oxygens (including phenoxy) is 1. The Morgan fingerprint density at radius 2 is 1.88 bits per heavy atom. The standard InChI is InChI=1S/C17H22FN3O3/c18-14-5-2-1-4-13(14)16(22)20-7-3-8-21(10-9-20)17(23)15-12-24-11-6-19-15/h1-2,4-5,15,19H,3,6-12H2/t15-/m1/s1. The first-order chi connectivity index (χ1) is 11.7. The lowest BCUT2D eigenvalue weighted by molar-refractivity contribution is -0.136. The number of hydrogen-bond acceptors (Lipinski definition) is 4. The molecule has 0 radical (unpaired) electrons. The van der Waals surface area contributed by atoms with Crippen LogP contribution in [0.5, 0.6) is 0 Å². The fourth-order valence-corrected chi connectivity index (χ4v) is 3.09. The van der Waals surface area contributed by atoms with Crippen molar-refractivity contribution < 1.29 is 18.7 Å². The van der Waals surface area contributed by atoms with Crippen LogP contribution in [0.1, 0.15) is 16.8 Å². The summed E-state index contributed by atoms with van der Waals surface area (Å²) in [6.07, 6.45) is 0.680. The largest absolute Gasteiger partial charge is 0.378 e. The first-order valence-corrected chi connectivity index (χ1v) is 8.30. The number of hydrogen-bond donors (Lipinski definition) is 1. The molecule has 3 rings (SSSR count). The summed E-state index contributed by atoms with van der Waals surface area (Å²) in [5.41, 5.74) is 0.0830. The maximum absolute atomic E-state index is 13.8. The fourth-order valence-electron chi connectivity index (χ4n) is 3.09. The van der Waals surface area contributed by atoms with Crippen LogP contribution in [0.4, 0.5) is 4.39 Å². The number of halogens is 1. The van der Waals surface area contributed by atoms with E-state index in [9.17, 15) is 14.0 Å². The third-order valence-corrected chi connectivity index (χ3v) is 4.42. The van der Waals surface area contributed by atoms with Crippen LogP contribution in [0, 0.1) is 5.82 Å². The van der Waals surface area contributed by atoms with E-state index >= 15 is 0 Å². The summed E-state index contributed by atoms with van der Waals surface area (Å²) in [4.78, 5) is 28.4. The Morgan fingerprint density at radius 1 is 1.12 bits per heavy atom. The maximum Gasteiger partial charge on any atom is 0.256 e. The summed E-state index contributed by atoms with van der Waals surface area (Å²) in [6.45, 7) is 3.65. The maximum atomic E-state index is 13.8. The molecule has 2 heterocycles. The third kappa shape index (κ3) is 3.73. The molecule has 0 unspecified atom stereocenters. The van der Waals surface area contributed by atoms with Gasteiger partial charge in [-0.15, -0.1) is 0 Å². The molecule has 2 aliphatic heterocycles. The summed E-state index contributed by atoms with van der Waals surface area (Å²) in [6, 6.07) is 5.68. The lowest BCUT2D eigenvalue weighted by Crippen LogP contribution is -2.53. The number of nitrogens with one attached hydrogen (secondary N) is 1. The molecule has 130 valence electrons. The van der Waals surface area contributed by atoms with Crippen molar-refractivity contribution in [3.63, 3.8) is 0 Å². The molecule has 2 fully saturated rings. The van der Waals surface area contributed by atoms with Gasteiger partial charge in [-0.05, 0) is 18.6 Å². The average Bonchev–Trinajstić information content (AvgIpc) is 2.88. The minimum Gasteiger partial charge on any atom is -0.378 e. The molecule has 1 atom stereocenters. The lowest BCUT2D eigenvalue weighted by atomic mass is 10.2. The predicted octanol–water partition coefficient (Wildman–Crippen LogP) is 0.489. The molecule has 6 nitrogen and oxygen atoms in total. The van der Waals surface area contributed by atoms with E-state index in [-0.39, 0.29) is 23.4 Å². The minimum atomic E-state index is -0.511. The van der Waals surface area contributed by atoms with E-state index in [4.69, 9.17) is 4.74 Å². The zero-order valence-corrected chi connectivity index (χ0v) is 13.5. The minimum absolute atomic E-state index is 0.00916. The number of carbonyl (C=O) groups is 2. The predicted molar refractivity (Wildman–Crippen MR) is 86.1 cm³/mol. The molecule has 2 aliphatic rings. The van der Waals surface area contributed by atoms with Gasteiger partial charge < -0.3 is 19.9 Å². The highest BCUT2D eigenvalue weighted by molar-refractivity contribution is 5.94. The van der Waals surface area contributed by atoms with E-state index in [2.05, 4.69) is 5.32 Å². The zero-order valence-electron chi connectivity index (χ0n) is 13.5. The van der Waals surface area contributed by atoms with E-state index in [1.807, 2.05) is 0 Å². The molecule has 7 heteroatoms. The molecule has 0 aromatic heterocycles. The first-order valence-electron chi connectivity index (χ1n) is 8.30. The van der Waals surface area contributed by atoms with Gasteiger partial charge in [0.25, 0.3) is 5.91 Å². The summed E-state index contributed by atoms with van der Waals surface area (Å²) in [7, 11) is 0. The van der Waals surface area contributed by atoms with Crippen molar-refractivity contribution in [2.75, 3.05) is 45.9 Å². The fraction of sp³-hybridized carbons (Fsp3) is 0.529. The van der Waals surface area contributed by atoms with Crippen LogP contribution < -0.4 is 5.32 Å². The number of benzene rings is 1. The van der Waals surface area contributed by atoms with E-state index in [0.717, 1.165) is 0 Å². The van der Waals surface area contributed by atoms with Crippen LogP contribution in [-0.2, 0) is 9.53 Å². The van der Waals surface area contributed by atoms with Crippen molar-refractivity contribution in [2.45, 2.75) is 12.5 Å². The highest BCUT2D eigenvalue weighted by Crippen LogP contribution is 2.13. The second kappa shape index (κ2) is 7.72. The van der Waals surface area contributed by atoms with Gasteiger partial charge in [-0.2, -0.15) is 0 Å². The van der Waals surface area contributed by atoms with Crippen molar-refractivity contribution in [3.05, 3.63) is 35.6 Å². The van der Waals surface area contributed by atoms with Gasteiger partial charge in [0.05, 0.1) is 18.8 Å². The molecule has 0 spiro atoms. The molecule has 1 aromatic carbocycles. The Balaban J connectivity index is 1.61. The van der Waals surface area contributed by atoms with Gasteiger partial charge >= 0.3 is 0 Å². The van der Waals surface area contributed by atoms with Crippen molar-refractivity contribution >= 4 is 11.8 Å². The SMILES string of the molecule is O=C(c1ccccc1F)N1CCCN(C(=O)[C@H]2COCCN2)CC1. The van der Waals surface area contributed by atoms with E-state index in [1.165, 1.54) is 12.1 Å². The summed E-state index contributed by atoms with van der Waals surface area (Å²) >= 11 is 0. The molecular formula is C17H22FN3O3. The van der Waals surface area contributed by atoms with Gasteiger partial charge in [-0.1, -0.05) is 12.1 Å². The Morgan fingerprint density at radius 3 is 2.62 bits per heavy atom. The van der Waals surface area contributed by atoms with Gasteiger partial charge in [0.2, 0.25) is 5.91 Å². The summed E-state index contributed by atoms with van der Waals surface area (Å²) < 4.78 is 19.1. The van der Waals surface area contributed by atoms with Crippen LogP contribution in [0.25, 0.3) is 0 Å². The van der Waals surface area contributed by atoms with Crippen LogP contribution in [0.2, 0.25) is 0 Å². The number of rotatable bonds is 2. The highest BCUT2D eigenvalue weighted by Gasteiger charge is 2.29. The quantitative estimate of drug-likeness (QED) is 0.854. The molecule has 0 saturated carbocycles. The highest BCUT2D eigenvalue weighted by atomic mass is 19.1. The van der Waals surface area contributed by atoms with Crippen molar-refractivity contribution in [1.29, 1.82) is 0 Å². The van der Waals surface area contributed by atoms with Gasteiger partial charge in [0.15, 0.2) is 0 Å². The second-order valence-corrected chi connectivity index (χ2v) is 6.03. The zero-order chi connectivity index (χ0) is 16.9. The third-order valence-electron chi connectivity index (χ3n) is 4.42. The van der Waals surface area contributed by atoms with Crippen LogP contribution >= 0.6 is 0 Å². The molecular weight excluding hydrogens is 313 g/mol. The first kappa shape index (κ1) is 16.9. The van der Waals surface area contributed by atoms with Gasteiger partial charge in [0.1, 0.15) is 11.9 Å².